The fourth-order valence-corrected chi connectivity index (χ4v) is 2.42. The Morgan fingerprint density at radius 1 is 0.800 bits per heavy atom. The first-order valence-electron chi connectivity index (χ1n) is 7.25. The van der Waals surface area contributed by atoms with Gasteiger partial charge < -0.3 is 15.1 Å². The molecule has 2 amide bonds. The molecule has 5 nitrogen and oxygen atoms in total. The van der Waals surface area contributed by atoms with Crippen LogP contribution in [0.3, 0.4) is 0 Å². The Bertz CT molecular complexity index is 924. The molecule has 0 aliphatic rings. The van der Waals surface area contributed by atoms with Gasteiger partial charge in [-0.25, -0.2) is 0 Å². The molecule has 1 heterocycles. The predicted octanol–water partition coefficient (Wildman–Crippen LogP) is 5.09. The molecule has 0 atom stereocenters. The Labute approximate surface area is 153 Å². The molecule has 0 aliphatic carbocycles. The van der Waals surface area contributed by atoms with Gasteiger partial charge in [0.25, 0.3) is 11.8 Å². The second kappa shape index (κ2) is 7.42. The van der Waals surface area contributed by atoms with Crippen molar-refractivity contribution in [2.75, 3.05) is 10.6 Å². The van der Waals surface area contributed by atoms with Crippen molar-refractivity contribution in [3.63, 3.8) is 0 Å². The van der Waals surface area contributed by atoms with Crippen molar-refractivity contribution in [1.29, 1.82) is 0 Å². The number of rotatable bonds is 4. The highest BCUT2D eigenvalue weighted by Gasteiger charge is 2.14. The molecule has 2 aromatic carbocycles. The van der Waals surface area contributed by atoms with Crippen molar-refractivity contribution < 1.29 is 14.0 Å². The third kappa shape index (κ3) is 4.02. The van der Waals surface area contributed by atoms with E-state index < -0.39 is 5.91 Å². The molecule has 0 saturated heterocycles. The highest BCUT2D eigenvalue weighted by molar-refractivity contribution is 6.42. The van der Waals surface area contributed by atoms with Crippen molar-refractivity contribution in [2.24, 2.45) is 0 Å². The number of carbonyl (C=O) groups is 2. The molecule has 0 radical (unpaired) electrons. The lowest BCUT2D eigenvalue weighted by Gasteiger charge is -2.12. The smallest absolute Gasteiger partial charge is 0.291 e. The van der Waals surface area contributed by atoms with Crippen LogP contribution in [0.1, 0.15) is 20.9 Å². The van der Waals surface area contributed by atoms with E-state index in [1.807, 2.05) is 0 Å². The first-order valence-corrected chi connectivity index (χ1v) is 8.00. The van der Waals surface area contributed by atoms with E-state index in [2.05, 4.69) is 10.6 Å². The first kappa shape index (κ1) is 17.1. The second-order valence-corrected chi connectivity index (χ2v) is 5.87. The fourth-order valence-electron chi connectivity index (χ4n) is 2.12. The number of carbonyl (C=O) groups excluding carboxylic acids is 2. The van der Waals surface area contributed by atoms with Gasteiger partial charge in [0.15, 0.2) is 5.76 Å². The topological polar surface area (TPSA) is 71.3 Å². The number of benzene rings is 2. The van der Waals surface area contributed by atoms with Gasteiger partial charge in [-0.15, -0.1) is 0 Å². The van der Waals surface area contributed by atoms with E-state index in [1.54, 1.807) is 48.5 Å². The molecule has 0 fully saturated rings. The third-order valence-electron chi connectivity index (χ3n) is 3.35. The molecule has 7 heteroatoms. The maximum atomic E-state index is 12.4. The largest absolute Gasteiger partial charge is 0.459 e. The Hall–Kier alpha value is -2.76. The summed E-state index contributed by atoms with van der Waals surface area (Å²) in [4.78, 5) is 24.5. The van der Waals surface area contributed by atoms with E-state index >= 15 is 0 Å². The zero-order valence-corrected chi connectivity index (χ0v) is 14.3. The van der Waals surface area contributed by atoms with Crippen LogP contribution in [0.5, 0.6) is 0 Å². The average Bonchev–Trinajstić information content (AvgIpc) is 3.13. The molecule has 0 bridgehead atoms. The van der Waals surface area contributed by atoms with Crippen molar-refractivity contribution in [1.82, 2.24) is 0 Å². The quantitative estimate of drug-likeness (QED) is 0.667. The van der Waals surface area contributed by atoms with Gasteiger partial charge >= 0.3 is 0 Å². The lowest BCUT2D eigenvalue weighted by Crippen LogP contribution is -2.16. The minimum absolute atomic E-state index is 0.172. The summed E-state index contributed by atoms with van der Waals surface area (Å²) in [5.74, 6) is -0.620. The van der Waals surface area contributed by atoms with Crippen molar-refractivity contribution in [2.45, 2.75) is 0 Å². The molecule has 0 saturated carbocycles. The van der Waals surface area contributed by atoms with Crippen LogP contribution >= 0.6 is 23.2 Å². The molecule has 0 unspecified atom stereocenters. The minimum atomic E-state index is -0.416. The number of halogens is 2. The van der Waals surface area contributed by atoms with Gasteiger partial charge in [0.1, 0.15) is 0 Å². The van der Waals surface area contributed by atoms with Crippen molar-refractivity contribution in [3.8, 4) is 0 Å². The van der Waals surface area contributed by atoms with Crippen LogP contribution in [-0.2, 0) is 0 Å². The lowest BCUT2D eigenvalue weighted by molar-refractivity contribution is 0.0993. The van der Waals surface area contributed by atoms with E-state index in [0.29, 0.717) is 22.0 Å². The average molecular weight is 375 g/mol. The summed E-state index contributed by atoms with van der Waals surface area (Å²) in [6.07, 6.45) is 1.41. The molecule has 25 heavy (non-hydrogen) atoms. The SMILES string of the molecule is O=C(Nc1ccccc1NC(=O)c1ccco1)c1ccc(Cl)c(Cl)c1. The predicted molar refractivity (Wildman–Crippen MR) is 97.5 cm³/mol. The summed E-state index contributed by atoms with van der Waals surface area (Å²) in [6.45, 7) is 0. The van der Waals surface area contributed by atoms with Gasteiger partial charge in [0.05, 0.1) is 27.7 Å². The minimum Gasteiger partial charge on any atom is -0.459 e. The summed E-state index contributed by atoms with van der Waals surface area (Å²) in [5, 5.41) is 6.08. The van der Waals surface area contributed by atoms with Crippen LogP contribution in [0.4, 0.5) is 11.4 Å². The monoisotopic (exact) mass is 374 g/mol. The van der Waals surface area contributed by atoms with E-state index in [1.165, 1.54) is 12.3 Å². The van der Waals surface area contributed by atoms with Crippen LogP contribution in [0.15, 0.2) is 65.3 Å². The molecule has 3 aromatic rings. The lowest BCUT2D eigenvalue weighted by atomic mass is 10.2. The van der Waals surface area contributed by atoms with Crippen LogP contribution in [0.2, 0.25) is 10.0 Å². The van der Waals surface area contributed by atoms with Crippen LogP contribution in [0.25, 0.3) is 0 Å². The first-order chi connectivity index (χ1) is 12.0. The number of hydrogen-bond donors (Lipinski definition) is 2. The van der Waals surface area contributed by atoms with Gasteiger partial charge in [0.2, 0.25) is 0 Å². The van der Waals surface area contributed by atoms with Crippen LogP contribution < -0.4 is 10.6 Å². The Kier molecular flexibility index (Phi) is 5.07. The summed E-state index contributed by atoms with van der Waals surface area (Å²) < 4.78 is 5.06. The molecule has 2 N–H and O–H groups in total. The molecular weight excluding hydrogens is 363 g/mol. The molecule has 3 rings (SSSR count). The summed E-state index contributed by atoms with van der Waals surface area (Å²) in [6, 6.07) is 14.6. The summed E-state index contributed by atoms with van der Waals surface area (Å²) in [5.41, 5.74) is 1.23. The third-order valence-corrected chi connectivity index (χ3v) is 4.09. The zero-order valence-electron chi connectivity index (χ0n) is 12.8. The highest BCUT2D eigenvalue weighted by Crippen LogP contribution is 2.25. The zero-order chi connectivity index (χ0) is 17.8. The number of nitrogens with one attached hydrogen (secondary N) is 2. The fraction of sp³-hybridized carbons (Fsp3) is 0. The molecule has 0 aliphatic heterocycles. The number of para-hydroxylation sites is 2. The van der Waals surface area contributed by atoms with E-state index in [0.717, 1.165) is 0 Å². The molecular formula is C18H12Cl2N2O3. The van der Waals surface area contributed by atoms with Gasteiger partial charge in [-0.3, -0.25) is 9.59 Å². The van der Waals surface area contributed by atoms with Gasteiger partial charge in [-0.2, -0.15) is 0 Å². The van der Waals surface area contributed by atoms with E-state index in [9.17, 15) is 9.59 Å². The highest BCUT2D eigenvalue weighted by atomic mass is 35.5. The van der Waals surface area contributed by atoms with E-state index in [-0.39, 0.29) is 16.7 Å². The Morgan fingerprint density at radius 2 is 1.48 bits per heavy atom. The molecule has 0 spiro atoms. The maximum Gasteiger partial charge on any atom is 0.291 e. The normalized spacial score (nSPS) is 10.3. The van der Waals surface area contributed by atoms with Gasteiger partial charge in [0, 0.05) is 5.56 Å². The van der Waals surface area contributed by atoms with Crippen molar-refractivity contribution >= 4 is 46.4 Å². The standard InChI is InChI=1S/C18H12Cl2N2O3/c19-12-8-7-11(10-13(12)20)17(23)21-14-4-1-2-5-15(14)22-18(24)16-6-3-9-25-16/h1-10H,(H,21,23)(H,22,24). The number of amides is 2. The Morgan fingerprint density at radius 3 is 2.08 bits per heavy atom. The number of anilines is 2. The molecule has 1 aromatic heterocycles. The van der Waals surface area contributed by atoms with Crippen LogP contribution in [0, 0.1) is 0 Å². The molecule has 126 valence electrons. The van der Waals surface area contributed by atoms with E-state index in [4.69, 9.17) is 27.6 Å². The maximum absolute atomic E-state index is 12.4. The van der Waals surface area contributed by atoms with Crippen LogP contribution in [-0.4, -0.2) is 11.8 Å². The summed E-state index contributed by atoms with van der Waals surface area (Å²) in [7, 11) is 0. The second-order valence-electron chi connectivity index (χ2n) is 5.06. The summed E-state index contributed by atoms with van der Waals surface area (Å²) >= 11 is 11.8. The van der Waals surface area contributed by atoms with Crippen molar-refractivity contribution in [3.05, 3.63) is 82.2 Å². The number of furan rings is 1. The van der Waals surface area contributed by atoms with Gasteiger partial charge in [-0.05, 0) is 42.5 Å². The number of hydrogen-bond acceptors (Lipinski definition) is 3. The Balaban J connectivity index is 1.79. The van der Waals surface area contributed by atoms with Gasteiger partial charge in [-0.1, -0.05) is 35.3 Å².